The second-order valence-electron chi connectivity index (χ2n) is 7.92. The Morgan fingerprint density at radius 2 is 1.87 bits per heavy atom. The van der Waals surface area contributed by atoms with Gasteiger partial charge in [-0.25, -0.2) is 0 Å². The number of hydrogen-bond donors (Lipinski definition) is 1. The van der Waals surface area contributed by atoms with Crippen LogP contribution in [0.5, 0.6) is 0 Å². The fourth-order valence-corrected chi connectivity index (χ4v) is 4.95. The number of hydrogen-bond acceptors (Lipinski definition) is 3. The van der Waals surface area contributed by atoms with Gasteiger partial charge in [-0.1, -0.05) is 75.6 Å². The average molecular weight is 425 g/mol. The lowest BCUT2D eigenvalue weighted by atomic mass is 9.99. The third-order valence-electron chi connectivity index (χ3n) is 5.72. The largest absolute Gasteiger partial charge is 0.352 e. The molecule has 30 heavy (non-hydrogen) atoms. The number of nitrogens with one attached hydrogen (secondary N) is 1. The maximum Gasteiger partial charge on any atom is 0.251 e. The molecule has 1 aliphatic rings. The van der Waals surface area contributed by atoms with Crippen LogP contribution in [0.1, 0.15) is 66.4 Å². The van der Waals surface area contributed by atoms with E-state index in [0.717, 1.165) is 30.5 Å². The first-order valence-electron chi connectivity index (χ1n) is 11.0. The summed E-state index contributed by atoms with van der Waals surface area (Å²) in [5, 5.41) is 3.08. The number of benzene rings is 2. The van der Waals surface area contributed by atoms with Crippen molar-refractivity contribution in [2.75, 3.05) is 12.3 Å². The average Bonchev–Trinajstić information content (AvgIpc) is 3.14. The molecule has 0 unspecified atom stereocenters. The Bertz CT molecular complexity index is 823. The van der Waals surface area contributed by atoms with E-state index >= 15 is 0 Å². The number of unbranched alkanes of at least 4 members (excludes halogenated alkanes) is 1. The van der Waals surface area contributed by atoms with Gasteiger partial charge in [-0.3, -0.25) is 9.59 Å². The monoisotopic (exact) mass is 424 g/mol. The van der Waals surface area contributed by atoms with Gasteiger partial charge >= 0.3 is 0 Å². The van der Waals surface area contributed by atoms with Gasteiger partial charge in [0.15, 0.2) is 0 Å². The van der Waals surface area contributed by atoms with Gasteiger partial charge in [0.25, 0.3) is 5.91 Å². The molecule has 160 valence electrons. The third-order valence-corrected chi connectivity index (χ3v) is 6.97. The smallest absolute Gasteiger partial charge is 0.251 e. The van der Waals surface area contributed by atoms with E-state index in [1.807, 2.05) is 59.5 Å². The van der Waals surface area contributed by atoms with Crippen LogP contribution in [0, 0.1) is 5.92 Å². The van der Waals surface area contributed by atoms with Crippen LogP contribution in [-0.4, -0.2) is 29.0 Å². The van der Waals surface area contributed by atoms with Crippen molar-refractivity contribution in [3.05, 3.63) is 71.3 Å². The molecule has 1 heterocycles. The number of amides is 2. The Kier molecular flexibility index (Phi) is 8.38. The summed E-state index contributed by atoms with van der Waals surface area (Å²) in [6.07, 6.45) is 4.65. The van der Waals surface area contributed by atoms with Crippen LogP contribution in [0.15, 0.2) is 54.6 Å². The highest BCUT2D eigenvalue weighted by atomic mass is 32.2. The van der Waals surface area contributed by atoms with Crippen molar-refractivity contribution >= 4 is 23.6 Å². The van der Waals surface area contributed by atoms with Crippen molar-refractivity contribution in [1.82, 2.24) is 10.2 Å². The molecule has 1 N–H and O–H groups in total. The van der Waals surface area contributed by atoms with E-state index < -0.39 is 0 Å². The molecule has 0 aliphatic carbocycles. The standard InChI is InChI=1S/C25H32N2O2S/c1-3-5-9-19(4-2)16-26-24(29)21-12-14-22(15-13-21)25-27(23(28)18-30-25)17-20-10-7-6-8-11-20/h6-8,10-15,19,25H,3-5,9,16-18H2,1-2H3,(H,26,29)/t19-,25-/m1/s1. The van der Waals surface area contributed by atoms with Crippen molar-refractivity contribution < 1.29 is 9.59 Å². The minimum atomic E-state index is -0.0206. The summed E-state index contributed by atoms with van der Waals surface area (Å²) in [7, 11) is 0. The van der Waals surface area contributed by atoms with Crippen molar-refractivity contribution in [3.8, 4) is 0 Å². The van der Waals surface area contributed by atoms with E-state index in [-0.39, 0.29) is 17.2 Å². The Morgan fingerprint density at radius 1 is 1.13 bits per heavy atom. The Labute approximate surface area is 184 Å². The van der Waals surface area contributed by atoms with Crippen LogP contribution in [0.2, 0.25) is 0 Å². The summed E-state index contributed by atoms with van der Waals surface area (Å²) in [5.41, 5.74) is 2.86. The zero-order chi connectivity index (χ0) is 21.3. The highest BCUT2D eigenvalue weighted by molar-refractivity contribution is 8.00. The number of carbonyl (C=O) groups excluding carboxylic acids is 2. The van der Waals surface area contributed by atoms with Gasteiger partial charge in [0.05, 0.1) is 5.75 Å². The van der Waals surface area contributed by atoms with Crippen LogP contribution in [0.3, 0.4) is 0 Å². The summed E-state index contributed by atoms with van der Waals surface area (Å²) in [6.45, 7) is 5.72. The lowest BCUT2D eigenvalue weighted by molar-refractivity contribution is -0.128. The highest BCUT2D eigenvalue weighted by Crippen LogP contribution is 2.39. The van der Waals surface area contributed by atoms with Gasteiger partial charge in [-0.2, -0.15) is 0 Å². The van der Waals surface area contributed by atoms with E-state index in [9.17, 15) is 9.59 Å². The molecule has 1 fully saturated rings. The van der Waals surface area contributed by atoms with Crippen molar-refractivity contribution in [2.24, 2.45) is 5.92 Å². The summed E-state index contributed by atoms with van der Waals surface area (Å²) in [5.74, 6) is 1.18. The van der Waals surface area contributed by atoms with Crippen LogP contribution in [0.4, 0.5) is 0 Å². The Morgan fingerprint density at radius 3 is 2.53 bits per heavy atom. The zero-order valence-electron chi connectivity index (χ0n) is 18.0. The second kappa shape index (κ2) is 11.2. The highest BCUT2D eigenvalue weighted by Gasteiger charge is 2.32. The molecular formula is C25H32N2O2S. The van der Waals surface area contributed by atoms with Gasteiger partial charge in [-0.15, -0.1) is 11.8 Å². The topological polar surface area (TPSA) is 49.4 Å². The first kappa shape index (κ1) is 22.4. The Balaban J connectivity index is 1.61. The van der Waals surface area contributed by atoms with Crippen molar-refractivity contribution in [3.63, 3.8) is 0 Å². The molecular weight excluding hydrogens is 392 g/mol. The summed E-state index contributed by atoms with van der Waals surface area (Å²) in [4.78, 5) is 26.9. The normalized spacial score (nSPS) is 17.2. The number of nitrogens with zero attached hydrogens (tertiary/aromatic N) is 1. The number of carbonyl (C=O) groups is 2. The number of rotatable bonds is 10. The molecule has 3 rings (SSSR count). The minimum absolute atomic E-state index is 0.00617. The quantitative estimate of drug-likeness (QED) is 0.555. The second-order valence-corrected chi connectivity index (χ2v) is 8.99. The van der Waals surface area contributed by atoms with E-state index in [4.69, 9.17) is 0 Å². The first-order chi connectivity index (χ1) is 14.6. The molecule has 4 nitrogen and oxygen atoms in total. The summed E-state index contributed by atoms with van der Waals surface area (Å²) in [6, 6.07) is 17.8. The fraction of sp³-hybridized carbons (Fsp3) is 0.440. The van der Waals surface area contributed by atoms with E-state index in [1.54, 1.807) is 11.8 Å². The molecule has 2 aromatic carbocycles. The molecule has 2 aromatic rings. The molecule has 0 bridgehead atoms. The summed E-state index contributed by atoms with van der Waals surface area (Å²) >= 11 is 1.65. The predicted molar refractivity (Wildman–Crippen MR) is 124 cm³/mol. The van der Waals surface area contributed by atoms with Crippen LogP contribution in [0.25, 0.3) is 0 Å². The van der Waals surface area contributed by atoms with Crippen LogP contribution in [-0.2, 0) is 11.3 Å². The van der Waals surface area contributed by atoms with Crippen molar-refractivity contribution in [2.45, 2.75) is 51.4 Å². The van der Waals surface area contributed by atoms with Crippen LogP contribution >= 0.6 is 11.8 Å². The predicted octanol–water partition coefficient (Wildman–Crippen LogP) is 5.41. The Hall–Kier alpha value is -2.27. The molecule has 0 aromatic heterocycles. The SMILES string of the molecule is CCCC[C@@H](CC)CNC(=O)c1ccc([C@H]2SCC(=O)N2Cc2ccccc2)cc1. The maximum absolute atomic E-state index is 12.5. The lowest BCUT2D eigenvalue weighted by Gasteiger charge is -2.24. The summed E-state index contributed by atoms with van der Waals surface area (Å²) < 4.78 is 0. The first-order valence-corrected chi connectivity index (χ1v) is 12.0. The minimum Gasteiger partial charge on any atom is -0.352 e. The van der Waals surface area contributed by atoms with Gasteiger partial charge in [0.2, 0.25) is 5.91 Å². The zero-order valence-corrected chi connectivity index (χ0v) is 18.8. The molecule has 1 aliphatic heterocycles. The van der Waals surface area contributed by atoms with Gasteiger partial charge < -0.3 is 10.2 Å². The molecule has 1 saturated heterocycles. The van der Waals surface area contributed by atoms with E-state index in [1.165, 1.54) is 12.8 Å². The molecule has 5 heteroatoms. The molecule has 0 radical (unpaired) electrons. The maximum atomic E-state index is 12.5. The molecule has 2 amide bonds. The lowest BCUT2D eigenvalue weighted by Crippen LogP contribution is -2.29. The van der Waals surface area contributed by atoms with E-state index in [2.05, 4.69) is 19.2 Å². The van der Waals surface area contributed by atoms with Crippen LogP contribution < -0.4 is 5.32 Å². The van der Waals surface area contributed by atoms with Gasteiger partial charge in [0, 0.05) is 18.7 Å². The van der Waals surface area contributed by atoms with E-state index in [0.29, 0.717) is 23.8 Å². The number of thioether (sulfide) groups is 1. The molecule has 0 spiro atoms. The van der Waals surface area contributed by atoms with Gasteiger partial charge in [0.1, 0.15) is 5.37 Å². The molecule has 0 saturated carbocycles. The molecule has 2 atom stereocenters. The fourth-order valence-electron chi connectivity index (χ4n) is 3.76. The third kappa shape index (κ3) is 5.88. The van der Waals surface area contributed by atoms with Gasteiger partial charge in [-0.05, 0) is 35.6 Å². The van der Waals surface area contributed by atoms with Crippen molar-refractivity contribution in [1.29, 1.82) is 0 Å².